The summed E-state index contributed by atoms with van der Waals surface area (Å²) in [5.74, 6) is 0.287. The Morgan fingerprint density at radius 2 is 2.11 bits per heavy atom. The Hall–Kier alpha value is -1.83. The standard InChI is InChI=1S/C18H24ClN5O2.ClH/c1-2-9-26-17-8-5-13(10-15(17)19)21-18(25)16-11-24(23-22-16)14-6-3-12(20)4-7-14;/h5,8,10-12,14H,2-4,6-7,9,20H2,1H3,(H,21,25);1H. The number of benzene rings is 1. The molecule has 0 spiro atoms. The van der Waals surface area contributed by atoms with Crippen LogP contribution in [0.1, 0.15) is 55.6 Å². The Labute approximate surface area is 170 Å². The second-order valence-electron chi connectivity index (χ2n) is 6.60. The van der Waals surface area contributed by atoms with Crippen molar-refractivity contribution in [2.75, 3.05) is 11.9 Å². The van der Waals surface area contributed by atoms with Crippen LogP contribution in [-0.2, 0) is 0 Å². The van der Waals surface area contributed by atoms with Crippen molar-refractivity contribution in [1.82, 2.24) is 15.0 Å². The zero-order chi connectivity index (χ0) is 18.5. The zero-order valence-electron chi connectivity index (χ0n) is 15.2. The van der Waals surface area contributed by atoms with Crippen LogP contribution in [0.15, 0.2) is 24.4 Å². The first-order valence-electron chi connectivity index (χ1n) is 8.98. The second-order valence-corrected chi connectivity index (χ2v) is 7.01. The molecule has 1 amide bonds. The maximum atomic E-state index is 12.4. The zero-order valence-corrected chi connectivity index (χ0v) is 16.8. The van der Waals surface area contributed by atoms with Gasteiger partial charge in [-0.15, -0.1) is 17.5 Å². The lowest BCUT2D eigenvalue weighted by atomic mass is 9.92. The minimum absolute atomic E-state index is 0. The molecule has 0 saturated heterocycles. The summed E-state index contributed by atoms with van der Waals surface area (Å²) in [5.41, 5.74) is 6.80. The minimum Gasteiger partial charge on any atom is -0.492 e. The molecule has 0 bridgehead atoms. The van der Waals surface area contributed by atoms with E-state index in [-0.39, 0.29) is 36.1 Å². The number of aromatic nitrogens is 3. The van der Waals surface area contributed by atoms with Crippen LogP contribution >= 0.6 is 24.0 Å². The van der Waals surface area contributed by atoms with Gasteiger partial charge < -0.3 is 15.8 Å². The van der Waals surface area contributed by atoms with Gasteiger partial charge in [0.1, 0.15) is 5.75 Å². The van der Waals surface area contributed by atoms with Gasteiger partial charge in [0, 0.05) is 11.7 Å². The molecule has 9 heteroatoms. The molecular weight excluding hydrogens is 389 g/mol. The van der Waals surface area contributed by atoms with E-state index in [1.165, 1.54) is 0 Å². The molecule has 0 unspecified atom stereocenters. The Kier molecular flexibility index (Phi) is 7.89. The molecule has 148 valence electrons. The number of amides is 1. The largest absolute Gasteiger partial charge is 0.492 e. The van der Waals surface area contributed by atoms with E-state index in [2.05, 4.69) is 15.6 Å². The molecule has 1 aliphatic rings. The van der Waals surface area contributed by atoms with Crippen molar-refractivity contribution in [3.05, 3.63) is 35.1 Å². The van der Waals surface area contributed by atoms with E-state index in [4.69, 9.17) is 22.1 Å². The van der Waals surface area contributed by atoms with Gasteiger partial charge in [-0.05, 0) is 50.3 Å². The molecule has 0 aliphatic heterocycles. The summed E-state index contributed by atoms with van der Waals surface area (Å²) in [7, 11) is 0. The van der Waals surface area contributed by atoms with Crippen molar-refractivity contribution in [1.29, 1.82) is 0 Å². The number of carbonyl (C=O) groups excluding carboxylic acids is 1. The highest BCUT2D eigenvalue weighted by molar-refractivity contribution is 6.32. The van der Waals surface area contributed by atoms with Crippen molar-refractivity contribution in [2.45, 2.75) is 51.1 Å². The predicted octanol–water partition coefficient (Wildman–Crippen LogP) is 3.84. The number of nitrogens with zero attached hydrogens (tertiary/aromatic N) is 3. The number of nitrogens with one attached hydrogen (secondary N) is 1. The number of halogens is 2. The molecule has 3 N–H and O–H groups in total. The summed E-state index contributed by atoms with van der Waals surface area (Å²) in [6.45, 7) is 2.62. The molecule has 1 aromatic carbocycles. The van der Waals surface area contributed by atoms with E-state index in [1.54, 1.807) is 29.1 Å². The van der Waals surface area contributed by atoms with Gasteiger partial charge in [0.2, 0.25) is 0 Å². The number of anilines is 1. The van der Waals surface area contributed by atoms with Gasteiger partial charge in [-0.25, -0.2) is 4.68 Å². The lowest BCUT2D eigenvalue weighted by Crippen LogP contribution is -2.28. The SMILES string of the molecule is CCCOc1ccc(NC(=O)c2cn(C3CCC(N)CC3)nn2)cc1Cl.Cl. The Bertz CT molecular complexity index is 760. The highest BCUT2D eigenvalue weighted by Gasteiger charge is 2.22. The number of hydrogen-bond donors (Lipinski definition) is 2. The maximum absolute atomic E-state index is 12.4. The van der Waals surface area contributed by atoms with Crippen LogP contribution in [0.2, 0.25) is 5.02 Å². The van der Waals surface area contributed by atoms with Gasteiger partial charge >= 0.3 is 0 Å². The van der Waals surface area contributed by atoms with Gasteiger partial charge in [0.05, 0.1) is 23.9 Å². The fourth-order valence-electron chi connectivity index (χ4n) is 3.03. The van der Waals surface area contributed by atoms with Crippen LogP contribution in [-0.4, -0.2) is 33.5 Å². The van der Waals surface area contributed by atoms with Gasteiger partial charge in [0.25, 0.3) is 5.91 Å². The highest BCUT2D eigenvalue weighted by Crippen LogP contribution is 2.29. The molecule has 2 aromatic rings. The molecule has 0 atom stereocenters. The predicted molar refractivity (Wildman–Crippen MR) is 108 cm³/mol. The van der Waals surface area contributed by atoms with Crippen LogP contribution in [0.5, 0.6) is 5.75 Å². The summed E-state index contributed by atoms with van der Waals surface area (Å²) in [6, 6.07) is 5.69. The van der Waals surface area contributed by atoms with E-state index < -0.39 is 0 Å². The summed E-state index contributed by atoms with van der Waals surface area (Å²) >= 11 is 6.19. The second kappa shape index (κ2) is 9.92. The molecule has 7 nitrogen and oxygen atoms in total. The first kappa shape index (κ1) is 21.5. The number of hydrogen-bond acceptors (Lipinski definition) is 5. The van der Waals surface area contributed by atoms with E-state index in [0.29, 0.717) is 23.1 Å². The third-order valence-corrected chi connectivity index (χ3v) is 4.81. The lowest BCUT2D eigenvalue weighted by molar-refractivity contribution is 0.102. The molecular formula is C18H25Cl2N5O2. The van der Waals surface area contributed by atoms with Gasteiger partial charge in [-0.2, -0.15) is 0 Å². The van der Waals surface area contributed by atoms with Crippen LogP contribution in [0.25, 0.3) is 0 Å². The average molecular weight is 414 g/mol. The van der Waals surface area contributed by atoms with Crippen LogP contribution in [0, 0.1) is 0 Å². The molecule has 1 fully saturated rings. The Morgan fingerprint density at radius 3 is 2.78 bits per heavy atom. The van der Waals surface area contributed by atoms with Gasteiger partial charge in [-0.1, -0.05) is 23.7 Å². The summed E-state index contributed by atoms with van der Waals surface area (Å²) < 4.78 is 7.30. The van der Waals surface area contributed by atoms with Crippen molar-refractivity contribution in [2.24, 2.45) is 5.73 Å². The monoisotopic (exact) mass is 413 g/mol. The highest BCUT2D eigenvalue weighted by atomic mass is 35.5. The van der Waals surface area contributed by atoms with Gasteiger partial charge in [-0.3, -0.25) is 4.79 Å². The average Bonchev–Trinajstić information content (AvgIpc) is 3.12. The minimum atomic E-state index is -0.318. The molecule has 1 heterocycles. The molecule has 27 heavy (non-hydrogen) atoms. The molecule has 0 radical (unpaired) electrons. The van der Waals surface area contributed by atoms with Crippen molar-refractivity contribution in [3.63, 3.8) is 0 Å². The Morgan fingerprint density at radius 1 is 1.37 bits per heavy atom. The number of carbonyl (C=O) groups is 1. The van der Waals surface area contributed by atoms with E-state index in [9.17, 15) is 4.79 Å². The van der Waals surface area contributed by atoms with Crippen LogP contribution in [0.3, 0.4) is 0 Å². The topological polar surface area (TPSA) is 95.1 Å². The van der Waals surface area contributed by atoms with Crippen molar-refractivity contribution < 1.29 is 9.53 Å². The maximum Gasteiger partial charge on any atom is 0.277 e. The molecule has 1 aromatic heterocycles. The van der Waals surface area contributed by atoms with Crippen LogP contribution in [0.4, 0.5) is 5.69 Å². The lowest BCUT2D eigenvalue weighted by Gasteiger charge is -2.25. The van der Waals surface area contributed by atoms with E-state index in [0.717, 1.165) is 32.1 Å². The fraction of sp³-hybridized carbons (Fsp3) is 0.500. The first-order chi connectivity index (χ1) is 12.6. The molecule has 3 rings (SSSR count). The Balaban J connectivity index is 0.00000261. The number of rotatable bonds is 6. The van der Waals surface area contributed by atoms with E-state index >= 15 is 0 Å². The van der Waals surface area contributed by atoms with Gasteiger partial charge in [0.15, 0.2) is 5.69 Å². The van der Waals surface area contributed by atoms with E-state index in [1.807, 2.05) is 6.92 Å². The normalized spacial score (nSPS) is 19.2. The third kappa shape index (κ3) is 5.57. The quantitative estimate of drug-likeness (QED) is 0.749. The first-order valence-corrected chi connectivity index (χ1v) is 9.35. The third-order valence-electron chi connectivity index (χ3n) is 4.51. The fourth-order valence-corrected chi connectivity index (χ4v) is 3.26. The number of nitrogens with two attached hydrogens (primary N) is 1. The smallest absolute Gasteiger partial charge is 0.277 e. The summed E-state index contributed by atoms with van der Waals surface area (Å²) in [6.07, 6.45) is 6.45. The molecule has 1 aliphatic carbocycles. The number of ether oxygens (including phenoxy) is 1. The summed E-state index contributed by atoms with van der Waals surface area (Å²) in [5, 5.41) is 11.4. The van der Waals surface area contributed by atoms with Crippen LogP contribution < -0.4 is 15.8 Å². The van der Waals surface area contributed by atoms with Crippen molar-refractivity contribution >= 4 is 35.6 Å². The molecule has 1 saturated carbocycles. The summed E-state index contributed by atoms with van der Waals surface area (Å²) in [4.78, 5) is 12.4. The van der Waals surface area contributed by atoms with Crippen molar-refractivity contribution in [3.8, 4) is 5.75 Å².